The van der Waals surface area contributed by atoms with Gasteiger partial charge in [-0.2, -0.15) is 0 Å². The third-order valence-corrected chi connectivity index (χ3v) is 5.31. The van der Waals surface area contributed by atoms with Crippen LogP contribution in [0.4, 0.5) is 0 Å². The highest BCUT2D eigenvalue weighted by atomic mass is 16.7. The van der Waals surface area contributed by atoms with Crippen molar-refractivity contribution in [3.05, 3.63) is 125 Å². The number of carboxylic acid groups (broad SMARTS) is 1. The quantitative estimate of drug-likeness (QED) is 0.434. The van der Waals surface area contributed by atoms with E-state index in [9.17, 15) is 9.90 Å². The van der Waals surface area contributed by atoms with Gasteiger partial charge in [0.05, 0.1) is 5.56 Å². The summed E-state index contributed by atoms with van der Waals surface area (Å²) in [5.41, 5.74) is 2.59. The number of carboxylic acids is 1. The van der Waals surface area contributed by atoms with Gasteiger partial charge in [0.15, 0.2) is 11.5 Å². The van der Waals surface area contributed by atoms with Crippen molar-refractivity contribution in [3.8, 4) is 17.2 Å². The van der Waals surface area contributed by atoms with Gasteiger partial charge in [-0.3, -0.25) is 0 Å². The fourth-order valence-corrected chi connectivity index (χ4v) is 3.76. The first-order valence-corrected chi connectivity index (χ1v) is 10.2. The van der Waals surface area contributed by atoms with Crippen LogP contribution < -0.4 is 14.2 Å². The Bertz CT molecular complexity index is 1200. The molecular weight excluding hydrogens is 404 g/mol. The van der Waals surface area contributed by atoms with Gasteiger partial charge in [-0.15, -0.1) is 0 Å². The molecule has 0 saturated carbocycles. The van der Waals surface area contributed by atoms with Crippen LogP contribution in [-0.2, 0) is 12.4 Å². The van der Waals surface area contributed by atoms with E-state index in [0.717, 1.165) is 16.7 Å². The highest BCUT2D eigenvalue weighted by Crippen LogP contribution is 2.52. The van der Waals surface area contributed by atoms with E-state index in [-0.39, 0.29) is 12.2 Å². The molecule has 5 nitrogen and oxygen atoms in total. The molecule has 4 aromatic rings. The lowest BCUT2D eigenvalue weighted by Crippen LogP contribution is -2.36. The Labute approximate surface area is 185 Å². The molecule has 4 aromatic carbocycles. The molecule has 1 N–H and O–H groups in total. The molecule has 158 valence electrons. The van der Waals surface area contributed by atoms with Gasteiger partial charge in [0.2, 0.25) is 5.75 Å². The maximum atomic E-state index is 11.8. The average Bonchev–Trinajstić information content (AvgIpc) is 3.25. The number of hydrogen-bond donors (Lipinski definition) is 1. The lowest BCUT2D eigenvalue weighted by molar-refractivity contribution is -0.0469. The maximum Gasteiger partial charge on any atom is 0.335 e. The van der Waals surface area contributed by atoms with E-state index < -0.39 is 11.8 Å². The van der Waals surface area contributed by atoms with E-state index in [1.165, 1.54) is 12.1 Å². The zero-order valence-electron chi connectivity index (χ0n) is 17.1. The molecule has 0 aliphatic carbocycles. The topological polar surface area (TPSA) is 65.0 Å². The van der Waals surface area contributed by atoms with E-state index in [4.69, 9.17) is 14.2 Å². The molecule has 0 fully saturated rings. The average molecular weight is 424 g/mol. The van der Waals surface area contributed by atoms with Gasteiger partial charge in [0, 0.05) is 11.1 Å². The summed E-state index contributed by atoms with van der Waals surface area (Å²) in [6, 6.07) is 31.7. The van der Waals surface area contributed by atoms with E-state index in [0.29, 0.717) is 17.2 Å². The predicted molar refractivity (Wildman–Crippen MR) is 119 cm³/mol. The van der Waals surface area contributed by atoms with Crippen LogP contribution in [0.25, 0.3) is 0 Å². The lowest BCUT2D eigenvalue weighted by Gasteiger charge is -2.28. The maximum absolute atomic E-state index is 11.8. The number of hydrogen-bond acceptors (Lipinski definition) is 4. The Morgan fingerprint density at radius 2 is 1.34 bits per heavy atom. The van der Waals surface area contributed by atoms with Crippen LogP contribution in [0.1, 0.15) is 27.0 Å². The van der Waals surface area contributed by atoms with Crippen LogP contribution in [0, 0.1) is 0 Å². The molecule has 1 aliphatic heterocycles. The molecule has 0 unspecified atom stereocenters. The van der Waals surface area contributed by atoms with Crippen LogP contribution in [0.3, 0.4) is 0 Å². The van der Waals surface area contributed by atoms with Gasteiger partial charge < -0.3 is 19.3 Å². The molecule has 5 heteroatoms. The van der Waals surface area contributed by atoms with Crippen LogP contribution in [0.5, 0.6) is 17.2 Å². The number of fused-ring (bicyclic) bond motifs is 1. The smallest absolute Gasteiger partial charge is 0.335 e. The summed E-state index contributed by atoms with van der Waals surface area (Å²) in [5.74, 6) is -1.32. The van der Waals surface area contributed by atoms with Crippen molar-refractivity contribution in [3.63, 3.8) is 0 Å². The molecule has 0 radical (unpaired) electrons. The predicted octanol–water partition coefficient (Wildman–Crippen LogP) is 5.64. The summed E-state index contributed by atoms with van der Waals surface area (Å²) in [5, 5.41) is 9.64. The number of rotatable bonds is 6. The Balaban J connectivity index is 1.60. The summed E-state index contributed by atoms with van der Waals surface area (Å²) in [6.07, 6.45) is 0. The number of carbonyl (C=O) groups is 1. The van der Waals surface area contributed by atoms with E-state index >= 15 is 0 Å². The molecule has 5 rings (SSSR count). The van der Waals surface area contributed by atoms with Gasteiger partial charge in [-0.25, -0.2) is 4.79 Å². The van der Waals surface area contributed by atoms with Crippen molar-refractivity contribution in [1.82, 2.24) is 0 Å². The molecule has 0 atom stereocenters. The first-order valence-electron chi connectivity index (χ1n) is 10.2. The highest BCUT2D eigenvalue weighted by molar-refractivity contribution is 5.89. The molecule has 0 spiro atoms. The molecule has 0 aromatic heterocycles. The second-order valence-corrected chi connectivity index (χ2v) is 7.43. The zero-order valence-corrected chi connectivity index (χ0v) is 17.1. The molecule has 1 heterocycles. The van der Waals surface area contributed by atoms with Gasteiger partial charge in [0.1, 0.15) is 6.61 Å². The summed E-state index contributed by atoms with van der Waals surface area (Å²) in [4.78, 5) is 11.8. The van der Waals surface area contributed by atoms with Crippen molar-refractivity contribution in [2.45, 2.75) is 12.4 Å². The minimum atomic E-state index is -1.26. The Kier molecular flexibility index (Phi) is 5.00. The molecule has 0 bridgehead atoms. The van der Waals surface area contributed by atoms with Crippen molar-refractivity contribution in [1.29, 1.82) is 0 Å². The minimum Gasteiger partial charge on any atom is -0.485 e. The van der Waals surface area contributed by atoms with Crippen LogP contribution in [-0.4, -0.2) is 11.1 Å². The fraction of sp³-hybridized carbons (Fsp3) is 0.0741. The largest absolute Gasteiger partial charge is 0.485 e. The SMILES string of the molecule is O=C(O)c1cc(OCc2ccccc2)c2c(c1)OC(c1ccccc1)(c1ccccc1)O2. The van der Waals surface area contributed by atoms with Gasteiger partial charge in [-0.05, 0) is 17.7 Å². The normalized spacial score (nSPS) is 13.5. The second-order valence-electron chi connectivity index (χ2n) is 7.43. The summed E-state index contributed by atoms with van der Waals surface area (Å²) < 4.78 is 18.9. The third kappa shape index (κ3) is 3.54. The van der Waals surface area contributed by atoms with Crippen molar-refractivity contribution >= 4 is 5.97 Å². The zero-order chi connectivity index (χ0) is 22.0. The molecule has 32 heavy (non-hydrogen) atoms. The van der Waals surface area contributed by atoms with Crippen LogP contribution >= 0.6 is 0 Å². The van der Waals surface area contributed by atoms with E-state index in [1.54, 1.807) is 0 Å². The third-order valence-electron chi connectivity index (χ3n) is 5.31. The van der Waals surface area contributed by atoms with E-state index in [2.05, 4.69) is 0 Å². The molecule has 0 saturated heterocycles. The minimum absolute atomic E-state index is 0.0623. The number of ether oxygens (including phenoxy) is 3. The molecule has 0 amide bonds. The molecule has 1 aliphatic rings. The first-order chi connectivity index (χ1) is 15.7. The molecular formula is C27H20O5. The number of aromatic carboxylic acids is 1. The summed E-state index contributed by atoms with van der Waals surface area (Å²) in [7, 11) is 0. The highest BCUT2D eigenvalue weighted by Gasteiger charge is 2.47. The number of benzene rings is 4. The van der Waals surface area contributed by atoms with Crippen LogP contribution in [0.15, 0.2) is 103 Å². The first kappa shape index (κ1) is 19.7. The Hall–Kier alpha value is -4.25. The van der Waals surface area contributed by atoms with Crippen molar-refractivity contribution < 1.29 is 24.1 Å². The Morgan fingerprint density at radius 3 is 1.91 bits per heavy atom. The van der Waals surface area contributed by atoms with Gasteiger partial charge in [0.25, 0.3) is 0 Å². The summed E-state index contributed by atoms with van der Waals surface area (Å²) >= 11 is 0. The Morgan fingerprint density at radius 1 is 0.781 bits per heavy atom. The van der Waals surface area contributed by atoms with Crippen LogP contribution in [0.2, 0.25) is 0 Å². The second kappa shape index (κ2) is 8.12. The monoisotopic (exact) mass is 424 g/mol. The van der Waals surface area contributed by atoms with Gasteiger partial charge >= 0.3 is 11.8 Å². The van der Waals surface area contributed by atoms with Crippen molar-refractivity contribution in [2.75, 3.05) is 0 Å². The van der Waals surface area contributed by atoms with Gasteiger partial charge in [-0.1, -0.05) is 91.0 Å². The lowest BCUT2D eigenvalue weighted by atomic mass is 9.97. The van der Waals surface area contributed by atoms with E-state index in [1.807, 2.05) is 91.0 Å². The fourth-order valence-electron chi connectivity index (χ4n) is 3.76. The summed E-state index contributed by atoms with van der Waals surface area (Å²) in [6.45, 7) is 0.267. The van der Waals surface area contributed by atoms with Crippen molar-refractivity contribution in [2.24, 2.45) is 0 Å². The standard InChI is InChI=1S/C27H20O5/c28-26(29)20-16-23(30-18-19-10-4-1-5-11-19)25-24(17-20)31-27(32-25,21-12-6-2-7-13-21)22-14-8-3-9-15-22/h1-17H,18H2,(H,28,29).